The first-order chi connectivity index (χ1) is 7.15. The summed E-state index contributed by atoms with van der Waals surface area (Å²) in [5.74, 6) is 0.594. The van der Waals surface area contributed by atoms with Crippen molar-refractivity contribution in [3.05, 3.63) is 0 Å². The minimum absolute atomic E-state index is 0.178. The van der Waals surface area contributed by atoms with Crippen LogP contribution in [0.1, 0.15) is 39.5 Å². The van der Waals surface area contributed by atoms with Gasteiger partial charge in [-0.05, 0) is 25.2 Å². The molecule has 1 aliphatic rings. The fourth-order valence-electron chi connectivity index (χ4n) is 2.40. The second-order valence-corrected chi connectivity index (χ2v) is 4.86. The van der Waals surface area contributed by atoms with Gasteiger partial charge in [0, 0.05) is 25.6 Å². The van der Waals surface area contributed by atoms with E-state index in [1.165, 1.54) is 0 Å². The lowest BCUT2D eigenvalue weighted by Crippen LogP contribution is -2.42. The summed E-state index contributed by atoms with van der Waals surface area (Å²) >= 11 is 0. The van der Waals surface area contributed by atoms with Crippen molar-refractivity contribution in [1.29, 1.82) is 5.26 Å². The largest absolute Gasteiger partial charge is 0.391 e. The standard InChI is InChI=1S/C12H22N2O/c1-10(2)9-14(8-4-7-13)11-5-3-6-12(11)15/h10-12,15H,3-6,8-9H2,1-2H3/t11-,12-/m0/s1. The van der Waals surface area contributed by atoms with Crippen LogP contribution in [-0.2, 0) is 0 Å². The molecule has 0 aromatic carbocycles. The lowest BCUT2D eigenvalue weighted by atomic mass is 10.1. The van der Waals surface area contributed by atoms with Gasteiger partial charge in [0.1, 0.15) is 0 Å². The Labute approximate surface area is 92.7 Å². The number of hydrogen-bond acceptors (Lipinski definition) is 3. The highest BCUT2D eigenvalue weighted by Gasteiger charge is 2.30. The Hall–Kier alpha value is -0.590. The van der Waals surface area contributed by atoms with Crippen LogP contribution < -0.4 is 0 Å². The van der Waals surface area contributed by atoms with Gasteiger partial charge in [-0.25, -0.2) is 0 Å². The molecule has 1 N–H and O–H groups in total. The predicted octanol–water partition coefficient (Wildman–Crippen LogP) is 1.77. The van der Waals surface area contributed by atoms with Crippen LogP contribution in [0, 0.1) is 17.2 Å². The van der Waals surface area contributed by atoms with E-state index in [4.69, 9.17) is 5.26 Å². The molecule has 3 nitrogen and oxygen atoms in total. The SMILES string of the molecule is CC(C)CN(CCC#N)[C@H]1CCC[C@@H]1O. The van der Waals surface area contributed by atoms with Crippen molar-refractivity contribution in [2.24, 2.45) is 5.92 Å². The van der Waals surface area contributed by atoms with Gasteiger partial charge in [0.05, 0.1) is 12.2 Å². The Morgan fingerprint density at radius 3 is 2.67 bits per heavy atom. The Balaban J connectivity index is 2.50. The maximum absolute atomic E-state index is 9.85. The van der Waals surface area contributed by atoms with Gasteiger partial charge >= 0.3 is 0 Å². The Kier molecular flexibility index (Phi) is 5.07. The minimum Gasteiger partial charge on any atom is -0.391 e. The molecule has 1 aliphatic carbocycles. The molecule has 0 heterocycles. The molecule has 0 saturated heterocycles. The predicted molar refractivity (Wildman–Crippen MR) is 60.3 cm³/mol. The molecular formula is C12H22N2O. The summed E-state index contributed by atoms with van der Waals surface area (Å²) in [6.07, 6.45) is 3.51. The molecule has 3 heteroatoms. The zero-order valence-corrected chi connectivity index (χ0v) is 9.82. The highest BCUT2D eigenvalue weighted by Crippen LogP contribution is 2.24. The van der Waals surface area contributed by atoms with Gasteiger partial charge in [-0.15, -0.1) is 0 Å². The van der Waals surface area contributed by atoms with Crippen LogP contribution in [0.5, 0.6) is 0 Å². The lowest BCUT2D eigenvalue weighted by Gasteiger charge is -2.31. The minimum atomic E-state index is -0.178. The van der Waals surface area contributed by atoms with Crippen LogP contribution in [0.3, 0.4) is 0 Å². The zero-order chi connectivity index (χ0) is 11.3. The number of nitrogens with zero attached hydrogens (tertiary/aromatic N) is 2. The molecule has 0 radical (unpaired) electrons. The van der Waals surface area contributed by atoms with Crippen molar-refractivity contribution in [1.82, 2.24) is 4.90 Å². The molecule has 1 fully saturated rings. The van der Waals surface area contributed by atoms with Gasteiger partial charge < -0.3 is 5.11 Å². The fourth-order valence-corrected chi connectivity index (χ4v) is 2.40. The molecule has 0 aromatic heterocycles. The van der Waals surface area contributed by atoms with E-state index in [1.54, 1.807) is 0 Å². The van der Waals surface area contributed by atoms with Crippen LogP contribution in [0.2, 0.25) is 0 Å². The van der Waals surface area contributed by atoms with Crippen LogP contribution in [0.4, 0.5) is 0 Å². The van der Waals surface area contributed by atoms with Crippen LogP contribution in [0.15, 0.2) is 0 Å². The Morgan fingerprint density at radius 1 is 1.47 bits per heavy atom. The number of nitriles is 1. The summed E-state index contributed by atoms with van der Waals surface area (Å²) in [7, 11) is 0. The summed E-state index contributed by atoms with van der Waals surface area (Å²) in [6, 6.07) is 2.48. The average Bonchev–Trinajstić information content (AvgIpc) is 2.58. The molecule has 0 aromatic rings. The monoisotopic (exact) mass is 210 g/mol. The van der Waals surface area contributed by atoms with Crippen molar-refractivity contribution >= 4 is 0 Å². The van der Waals surface area contributed by atoms with Gasteiger partial charge in [0.25, 0.3) is 0 Å². The highest BCUT2D eigenvalue weighted by atomic mass is 16.3. The summed E-state index contributed by atoms with van der Waals surface area (Å²) in [6.45, 7) is 6.15. The quantitative estimate of drug-likeness (QED) is 0.752. The third kappa shape index (κ3) is 3.81. The highest BCUT2D eigenvalue weighted by molar-refractivity contribution is 4.87. The van der Waals surface area contributed by atoms with Crippen LogP contribution in [0.25, 0.3) is 0 Å². The summed E-state index contributed by atoms with van der Waals surface area (Å²) < 4.78 is 0. The molecule has 0 amide bonds. The smallest absolute Gasteiger partial charge is 0.0695 e. The van der Waals surface area contributed by atoms with E-state index in [1.807, 2.05) is 0 Å². The second kappa shape index (κ2) is 6.09. The van der Waals surface area contributed by atoms with Crippen molar-refractivity contribution < 1.29 is 5.11 Å². The third-order valence-corrected chi connectivity index (χ3v) is 3.02. The third-order valence-electron chi connectivity index (χ3n) is 3.02. The van der Waals surface area contributed by atoms with Crippen LogP contribution in [-0.4, -0.2) is 35.2 Å². The molecule has 15 heavy (non-hydrogen) atoms. The number of aliphatic hydroxyl groups is 1. The van der Waals surface area contributed by atoms with E-state index in [0.29, 0.717) is 18.4 Å². The van der Waals surface area contributed by atoms with E-state index in [-0.39, 0.29) is 6.10 Å². The molecule has 0 aliphatic heterocycles. The normalized spacial score (nSPS) is 26.1. The first kappa shape index (κ1) is 12.5. The molecule has 0 spiro atoms. The van der Waals surface area contributed by atoms with Gasteiger partial charge in [0.15, 0.2) is 0 Å². The fraction of sp³-hybridized carbons (Fsp3) is 0.917. The Morgan fingerprint density at radius 2 is 2.20 bits per heavy atom. The van der Waals surface area contributed by atoms with E-state index in [9.17, 15) is 5.11 Å². The van der Waals surface area contributed by atoms with Gasteiger partial charge in [-0.1, -0.05) is 13.8 Å². The average molecular weight is 210 g/mol. The van der Waals surface area contributed by atoms with Crippen molar-refractivity contribution in [2.75, 3.05) is 13.1 Å². The van der Waals surface area contributed by atoms with E-state index in [0.717, 1.165) is 32.4 Å². The summed E-state index contributed by atoms with van der Waals surface area (Å²) in [5, 5.41) is 18.5. The molecular weight excluding hydrogens is 188 g/mol. The lowest BCUT2D eigenvalue weighted by molar-refractivity contribution is 0.0648. The van der Waals surface area contributed by atoms with Crippen molar-refractivity contribution in [3.63, 3.8) is 0 Å². The summed E-state index contributed by atoms with van der Waals surface area (Å²) in [5.41, 5.74) is 0. The topological polar surface area (TPSA) is 47.3 Å². The molecule has 0 bridgehead atoms. The van der Waals surface area contributed by atoms with Gasteiger partial charge in [-0.3, -0.25) is 4.90 Å². The first-order valence-corrected chi connectivity index (χ1v) is 5.94. The molecule has 1 rings (SSSR count). The van der Waals surface area contributed by atoms with E-state index < -0.39 is 0 Å². The van der Waals surface area contributed by atoms with Crippen molar-refractivity contribution in [2.45, 2.75) is 51.7 Å². The Bertz CT molecular complexity index is 222. The van der Waals surface area contributed by atoms with Gasteiger partial charge in [-0.2, -0.15) is 5.26 Å². The van der Waals surface area contributed by atoms with E-state index in [2.05, 4.69) is 24.8 Å². The zero-order valence-electron chi connectivity index (χ0n) is 9.82. The van der Waals surface area contributed by atoms with Gasteiger partial charge in [0.2, 0.25) is 0 Å². The second-order valence-electron chi connectivity index (χ2n) is 4.86. The van der Waals surface area contributed by atoms with Crippen molar-refractivity contribution in [3.8, 4) is 6.07 Å². The van der Waals surface area contributed by atoms with Crippen LogP contribution >= 0.6 is 0 Å². The molecule has 2 atom stereocenters. The maximum Gasteiger partial charge on any atom is 0.0695 e. The number of aliphatic hydroxyl groups excluding tert-OH is 1. The molecule has 1 saturated carbocycles. The first-order valence-electron chi connectivity index (χ1n) is 5.94. The molecule has 86 valence electrons. The summed E-state index contributed by atoms with van der Waals surface area (Å²) in [4.78, 5) is 2.30. The number of rotatable bonds is 5. The van der Waals surface area contributed by atoms with E-state index >= 15 is 0 Å². The molecule has 0 unspecified atom stereocenters. The maximum atomic E-state index is 9.85. The number of hydrogen-bond donors (Lipinski definition) is 1.